The monoisotopic (exact) mass is 458 g/mol. The van der Waals surface area contributed by atoms with Gasteiger partial charge in [0.25, 0.3) is 5.91 Å². The van der Waals surface area contributed by atoms with Crippen LogP contribution in [-0.2, 0) is 22.6 Å². The number of nitrogens with zero attached hydrogens (tertiary/aromatic N) is 1. The van der Waals surface area contributed by atoms with E-state index in [1.54, 1.807) is 30.3 Å². The van der Waals surface area contributed by atoms with Gasteiger partial charge in [0.15, 0.2) is 0 Å². The molecule has 174 valence electrons. The molecule has 0 radical (unpaired) electrons. The van der Waals surface area contributed by atoms with Crippen LogP contribution in [0.2, 0.25) is 0 Å². The van der Waals surface area contributed by atoms with Crippen molar-refractivity contribution in [3.8, 4) is 5.75 Å². The topological polar surface area (TPSA) is 87.2 Å². The summed E-state index contributed by atoms with van der Waals surface area (Å²) in [6.07, 6.45) is 2.25. The molecule has 1 saturated heterocycles. The first-order valence-corrected chi connectivity index (χ1v) is 11.3. The Morgan fingerprint density at radius 2 is 1.88 bits per heavy atom. The van der Waals surface area contributed by atoms with Crippen LogP contribution in [0.1, 0.15) is 35.4 Å². The van der Waals surface area contributed by atoms with Crippen LogP contribution in [0.15, 0.2) is 70.9 Å². The molecule has 1 fully saturated rings. The van der Waals surface area contributed by atoms with E-state index in [2.05, 4.69) is 0 Å². The highest BCUT2D eigenvalue weighted by Crippen LogP contribution is 2.40. The second-order valence-electron chi connectivity index (χ2n) is 9.06. The molecule has 2 aromatic carbocycles. The van der Waals surface area contributed by atoms with Crippen LogP contribution in [0.25, 0.3) is 5.76 Å². The number of quaternary nitrogens is 1. The fourth-order valence-electron chi connectivity index (χ4n) is 4.67. The Bertz CT molecular complexity index is 1270. The summed E-state index contributed by atoms with van der Waals surface area (Å²) < 4.78 is 11.2. The second kappa shape index (κ2) is 8.50. The minimum absolute atomic E-state index is 0.0339. The van der Waals surface area contributed by atoms with Crippen LogP contribution in [0.4, 0.5) is 5.69 Å². The first-order chi connectivity index (χ1) is 16.3. The van der Waals surface area contributed by atoms with Crippen molar-refractivity contribution >= 4 is 23.1 Å². The van der Waals surface area contributed by atoms with Gasteiger partial charge in [-0.15, -0.1) is 0 Å². The Labute approximate surface area is 197 Å². The lowest BCUT2D eigenvalue weighted by Crippen LogP contribution is -3.00. The van der Waals surface area contributed by atoms with Crippen molar-refractivity contribution in [3.05, 3.63) is 88.9 Å². The van der Waals surface area contributed by atoms with Gasteiger partial charge in [0.2, 0.25) is 5.78 Å². The van der Waals surface area contributed by atoms with E-state index in [1.807, 2.05) is 45.3 Å². The van der Waals surface area contributed by atoms with Gasteiger partial charge in [-0.2, -0.15) is 0 Å². The number of Topliss-reactive ketones (excluding diaryl/α,β-unsaturated/α-hetero) is 1. The van der Waals surface area contributed by atoms with E-state index in [9.17, 15) is 14.7 Å². The molecule has 1 amide bonds. The highest BCUT2D eigenvalue weighted by molar-refractivity contribution is 6.46. The number of benzene rings is 2. The number of carbonyl (C=O) groups is 2. The number of carbonyl (C=O) groups excluding carboxylic acids is 2. The Balaban J connectivity index is 1.62. The van der Waals surface area contributed by atoms with Gasteiger partial charge in [-0.1, -0.05) is 24.0 Å². The molecule has 5 rings (SSSR count). The van der Waals surface area contributed by atoms with Crippen LogP contribution < -0.4 is 14.7 Å². The lowest BCUT2D eigenvalue weighted by atomic mass is 9.94. The third kappa shape index (κ3) is 3.78. The van der Waals surface area contributed by atoms with E-state index in [4.69, 9.17) is 9.15 Å². The standard InChI is InChI=1S/C27H26N2O5/c1-16-13-19-14-18(8-11-22(19)34-16)25(30)23-24(17-6-9-20(10-7-17)28(2)3)29(27(32)26(23)31)15-21-5-4-12-33-21/h4-12,14,16,24,30H,13,15H2,1-3H3/b25-23+. The molecule has 2 atom stereocenters. The first kappa shape index (κ1) is 22.0. The van der Waals surface area contributed by atoms with Gasteiger partial charge in [-0.3, -0.25) is 9.59 Å². The van der Waals surface area contributed by atoms with Crippen molar-refractivity contribution in [1.82, 2.24) is 4.90 Å². The highest BCUT2D eigenvalue weighted by Gasteiger charge is 2.44. The zero-order valence-electron chi connectivity index (χ0n) is 19.3. The van der Waals surface area contributed by atoms with E-state index in [-0.39, 0.29) is 18.2 Å². The highest BCUT2D eigenvalue weighted by atomic mass is 16.5. The third-order valence-electron chi connectivity index (χ3n) is 6.40. The average Bonchev–Trinajstić information content (AvgIpc) is 3.53. The van der Waals surface area contributed by atoms with Crippen LogP contribution in [0, 0.1) is 0 Å². The van der Waals surface area contributed by atoms with Gasteiger partial charge in [0.05, 0.1) is 32.9 Å². The first-order valence-electron chi connectivity index (χ1n) is 11.3. The average molecular weight is 459 g/mol. The maximum atomic E-state index is 13.7. The quantitative estimate of drug-likeness (QED) is 0.358. The number of fused-ring (bicyclic) bond motifs is 1. The van der Waals surface area contributed by atoms with Crippen LogP contribution in [-0.4, -0.2) is 36.8 Å². The van der Waals surface area contributed by atoms with E-state index in [1.165, 1.54) is 11.2 Å². The van der Waals surface area contributed by atoms with Gasteiger partial charge in [0.1, 0.15) is 23.3 Å². The summed E-state index contributed by atoms with van der Waals surface area (Å²) in [6, 6.07) is 15.5. The molecule has 1 aromatic heterocycles. The Hall–Kier alpha value is -3.84. The smallest absolute Gasteiger partial charge is 0.295 e. The molecule has 1 N–H and O–H groups in total. The third-order valence-corrected chi connectivity index (χ3v) is 6.40. The predicted molar refractivity (Wildman–Crippen MR) is 123 cm³/mol. The number of likely N-dealkylation sites (tertiary alicyclic amines) is 1. The molecule has 0 spiro atoms. The number of nitrogens with one attached hydrogen (secondary N) is 1. The Morgan fingerprint density at radius 3 is 2.56 bits per heavy atom. The maximum absolute atomic E-state index is 13.7. The molecule has 3 aromatic rings. The number of furan rings is 1. The molecule has 7 nitrogen and oxygen atoms in total. The zero-order chi connectivity index (χ0) is 24.0. The minimum atomic E-state index is -0.799. The molecule has 34 heavy (non-hydrogen) atoms. The molecule has 3 heterocycles. The fourth-order valence-corrected chi connectivity index (χ4v) is 4.67. The maximum Gasteiger partial charge on any atom is 0.295 e. The Kier molecular flexibility index (Phi) is 5.49. The van der Waals surface area contributed by atoms with Crippen molar-refractivity contribution in [1.29, 1.82) is 0 Å². The van der Waals surface area contributed by atoms with E-state index in [0.29, 0.717) is 23.3 Å². The number of hydrogen-bond acceptors (Lipinski definition) is 5. The Morgan fingerprint density at radius 1 is 1.12 bits per heavy atom. The van der Waals surface area contributed by atoms with Crippen LogP contribution in [0.5, 0.6) is 5.75 Å². The van der Waals surface area contributed by atoms with Gasteiger partial charge >= 0.3 is 0 Å². The lowest BCUT2D eigenvalue weighted by Gasteiger charge is -2.27. The number of hydrogen-bond donors (Lipinski definition) is 1. The summed E-state index contributed by atoms with van der Waals surface area (Å²) in [5.74, 6) is -0.618. The van der Waals surface area contributed by atoms with Gasteiger partial charge in [0, 0.05) is 12.0 Å². The molecular weight excluding hydrogens is 432 g/mol. The zero-order valence-corrected chi connectivity index (χ0v) is 19.3. The lowest BCUT2D eigenvalue weighted by molar-refractivity contribution is -0.786. The summed E-state index contributed by atoms with van der Waals surface area (Å²) in [5.41, 5.74) is 3.04. The molecule has 0 aliphatic carbocycles. The normalized spacial score (nSPS) is 21.2. The molecule has 2 aliphatic rings. The van der Waals surface area contributed by atoms with Crippen molar-refractivity contribution < 1.29 is 28.7 Å². The summed E-state index contributed by atoms with van der Waals surface area (Å²) in [6.45, 7) is 2.06. The van der Waals surface area contributed by atoms with Crippen molar-refractivity contribution in [2.24, 2.45) is 0 Å². The fraction of sp³-hybridized carbons (Fsp3) is 0.259. The van der Waals surface area contributed by atoms with E-state index >= 15 is 0 Å². The number of ketones is 1. The minimum Gasteiger partial charge on any atom is -0.872 e. The van der Waals surface area contributed by atoms with Gasteiger partial charge in [-0.25, -0.2) is 0 Å². The summed E-state index contributed by atoms with van der Waals surface area (Å²) in [7, 11) is 4.03. The molecular formula is C27H26N2O5. The molecule has 2 aliphatic heterocycles. The number of rotatable bonds is 5. The van der Waals surface area contributed by atoms with E-state index < -0.39 is 23.5 Å². The second-order valence-corrected chi connectivity index (χ2v) is 9.06. The van der Waals surface area contributed by atoms with Gasteiger partial charge in [-0.05, 0) is 60.0 Å². The van der Waals surface area contributed by atoms with Gasteiger partial charge < -0.3 is 24.1 Å². The number of amides is 1. The molecule has 0 saturated carbocycles. The number of ether oxygens (including phenoxy) is 1. The summed E-state index contributed by atoms with van der Waals surface area (Å²) in [5, 5.41) is 13.7. The summed E-state index contributed by atoms with van der Waals surface area (Å²) >= 11 is 0. The molecule has 7 heteroatoms. The van der Waals surface area contributed by atoms with E-state index in [0.717, 1.165) is 21.9 Å². The predicted octanol–water partition coefficient (Wildman–Crippen LogP) is 1.80. The largest absolute Gasteiger partial charge is 0.872 e. The SMILES string of the molecule is CC1Cc2cc(/C([O-])=C3\C(=O)C(=O)N(Cc4ccco4)C3c3ccc([NH+](C)C)cc3)ccc2O1. The van der Waals surface area contributed by atoms with Crippen molar-refractivity contribution in [3.63, 3.8) is 0 Å². The van der Waals surface area contributed by atoms with Crippen molar-refractivity contribution in [2.75, 3.05) is 14.1 Å². The van der Waals surface area contributed by atoms with Crippen molar-refractivity contribution in [2.45, 2.75) is 32.0 Å². The molecule has 2 unspecified atom stereocenters. The molecule has 0 bridgehead atoms. The van der Waals surface area contributed by atoms with Crippen LogP contribution >= 0.6 is 0 Å². The summed E-state index contributed by atoms with van der Waals surface area (Å²) in [4.78, 5) is 28.9. The van der Waals surface area contributed by atoms with Crippen LogP contribution in [0.3, 0.4) is 0 Å².